The molecule has 0 radical (unpaired) electrons. The molecule has 1 aliphatic rings. The van der Waals surface area contributed by atoms with Crippen LogP contribution in [0.25, 0.3) is 0 Å². The van der Waals surface area contributed by atoms with E-state index in [2.05, 4.69) is 26.1 Å². The lowest BCUT2D eigenvalue weighted by molar-refractivity contribution is -0.256. The highest BCUT2D eigenvalue weighted by atomic mass is 31.2. The predicted octanol–water partition coefficient (Wildman–Crippen LogP) is 11.3. The molecule has 0 saturated carbocycles. The van der Waals surface area contributed by atoms with E-state index in [0.717, 1.165) is 77.0 Å². The second-order valence-electron chi connectivity index (χ2n) is 18.2. The largest absolute Gasteiger partial charge is 0.470 e. The van der Waals surface area contributed by atoms with Gasteiger partial charge < -0.3 is 39.9 Å². The van der Waals surface area contributed by atoms with E-state index in [1.54, 1.807) is 0 Å². The molecule has 0 bridgehead atoms. The molecule has 1 aliphatic heterocycles. The van der Waals surface area contributed by atoms with Gasteiger partial charge in [0.05, 0.1) is 19.1 Å². The van der Waals surface area contributed by atoms with Gasteiger partial charge in [-0.1, -0.05) is 213 Å². The highest BCUT2D eigenvalue weighted by Crippen LogP contribution is 2.42. The standard InChI is InChI=1S/C48H94NO11P/c1-4-7-10-13-16-18-19-20-21-22-24-26-29-32-35-40(34-31-28-25-15-12-9-6-3)37-44(53)59-47-45(48(54)58-42(39-50)46(47)60-61(55,56)57)49-43(52)38-41(51)36-33-30-27-23-17-14-11-8-5-2/h40-42,45-48,50-51,54H,4-39H2,1-3H3,(H,49,52)(H2,55,56,57)/t40?,41-,42-,45-,46-,47-,48?/m1/s1. The van der Waals surface area contributed by atoms with Crippen LogP contribution in [-0.4, -0.2) is 80.3 Å². The Kier molecular flexibility index (Phi) is 36.3. The summed E-state index contributed by atoms with van der Waals surface area (Å²) in [7, 11) is -5.21. The number of phosphoric acid groups is 1. The van der Waals surface area contributed by atoms with Crippen LogP contribution in [0.1, 0.15) is 245 Å². The minimum atomic E-state index is -5.21. The van der Waals surface area contributed by atoms with Crippen LogP contribution in [0.5, 0.6) is 0 Å². The number of unbranched alkanes of at least 4 members (excludes halogenated alkanes) is 27. The van der Waals surface area contributed by atoms with Crippen LogP contribution in [0, 0.1) is 5.92 Å². The Balaban J connectivity index is 2.84. The van der Waals surface area contributed by atoms with Gasteiger partial charge in [0.1, 0.15) is 18.2 Å². The van der Waals surface area contributed by atoms with E-state index >= 15 is 0 Å². The van der Waals surface area contributed by atoms with Gasteiger partial charge in [-0.2, -0.15) is 0 Å². The second-order valence-corrected chi connectivity index (χ2v) is 19.4. The minimum absolute atomic E-state index is 0.0317. The van der Waals surface area contributed by atoms with E-state index in [1.807, 2.05) is 0 Å². The molecular formula is C48H94NO11P. The van der Waals surface area contributed by atoms with Gasteiger partial charge in [-0.15, -0.1) is 0 Å². The maximum atomic E-state index is 13.7. The number of esters is 1. The molecule has 7 atom stereocenters. The van der Waals surface area contributed by atoms with Crippen molar-refractivity contribution >= 4 is 19.7 Å². The van der Waals surface area contributed by atoms with Crippen molar-refractivity contribution in [3.05, 3.63) is 0 Å². The first-order chi connectivity index (χ1) is 29.4. The molecule has 0 aromatic carbocycles. The predicted molar refractivity (Wildman–Crippen MR) is 245 cm³/mol. The van der Waals surface area contributed by atoms with Crippen molar-refractivity contribution < 1.29 is 53.3 Å². The van der Waals surface area contributed by atoms with Crippen molar-refractivity contribution in [2.45, 2.75) is 282 Å². The molecule has 362 valence electrons. The van der Waals surface area contributed by atoms with Gasteiger partial charge in [0.2, 0.25) is 5.91 Å². The van der Waals surface area contributed by atoms with Crippen LogP contribution in [0.4, 0.5) is 0 Å². The second kappa shape index (κ2) is 38.2. The lowest BCUT2D eigenvalue weighted by atomic mass is 9.91. The lowest BCUT2D eigenvalue weighted by Crippen LogP contribution is -2.65. The van der Waals surface area contributed by atoms with E-state index in [0.29, 0.717) is 6.42 Å². The first-order valence-electron chi connectivity index (χ1n) is 25.3. The molecule has 2 unspecified atom stereocenters. The van der Waals surface area contributed by atoms with Crippen LogP contribution in [0.3, 0.4) is 0 Å². The molecule has 1 amide bonds. The smallest absolute Gasteiger partial charge is 0.457 e. The number of hydrogen-bond acceptors (Lipinski definition) is 9. The summed E-state index contributed by atoms with van der Waals surface area (Å²) in [6.07, 6.45) is 30.3. The number of rotatable bonds is 42. The fraction of sp³-hybridized carbons (Fsp3) is 0.958. The number of hydrogen-bond donors (Lipinski definition) is 6. The fourth-order valence-corrected chi connectivity index (χ4v) is 9.27. The number of nitrogens with one attached hydrogen (secondary N) is 1. The quantitative estimate of drug-likeness (QED) is 0.0194. The van der Waals surface area contributed by atoms with Crippen LogP contribution in [-0.2, 0) is 28.2 Å². The SMILES string of the molecule is CCCCCCCCCCCCCCCCC(CCCCCCCCC)CC(=O)O[C@H]1[C@H](OP(=O)(O)O)[C@@H](CO)OC(O)[C@@H]1NC(=O)C[C@H](O)CCCCCCCCCCC. The van der Waals surface area contributed by atoms with Gasteiger partial charge in [0.25, 0.3) is 0 Å². The molecule has 12 nitrogen and oxygen atoms in total. The molecular weight excluding hydrogens is 797 g/mol. The maximum absolute atomic E-state index is 13.7. The summed E-state index contributed by atoms with van der Waals surface area (Å²) in [6, 6.07) is -1.47. The summed E-state index contributed by atoms with van der Waals surface area (Å²) in [5.41, 5.74) is 0. The molecule has 61 heavy (non-hydrogen) atoms. The molecule has 13 heteroatoms. The molecule has 6 N–H and O–H groups in total. The van der Waals surface area contributed by atoms with Crippen molar-refractivity contribution in [1.29, 1.82) is 0 Å². The Morgan fingerprint density at radius 3 is 1.34 bits per heavy atom. The number of aliphatic hydroxyl groups excluding tert-OH is 3. The molecule has 0 aromatic heterocycles. The van der Waals surface area contributed by atoms with Crippen molar-refractivity contribution in [3.8, 4) is 0 Å². The summed E-state index contributed by atoms with van der Waals surface area (Å²) < 4.78 is 28.5. The average molecular weight is 892 g/mol. The summed E-state index contributed by atoms with van der Waals surface area (Å²) >= 11 is 0. The zero-order valence-corrected chi connectivity index (χ0v) is 40.0. The van der Waals surface area contributed by atoms with Crippen molar-refractivity contribution in [2.24, 2.45) is 5.92 Å². The minimum Gasteiger partial charge on any atom is -0.457 e. The molecule has 0 aliphatic carbocycles. The number of carbonyl (C=O) groups excluding carboxylic acids is 2. The van der Waals surface area contributed by atoms with Crippen molar-refractivity contribution in [3.63, 3.8) is 0 Å². The third kappa shape index (κ3) is 31.4. The van der Waals surface area contributed by atoms with Gasteiger partial charge in [0, 0.05) is 6.42 Å². The number of phosphoric ester groups is 1. The first-order valence-corrected chi connectivity index (χ1v) is 26.8. The van der Waals surface area contributed by atoms with Crippen LogP contribution < -0.4 is 5.32 Å². The summed E-state index contributed by atoms with van der Waals surface area (Å²) in [5, 5.41) is 34.3. The zero-order valence-electron chi connectivity index (χ0n) is 39.1. The van der Waals surface area contributed by atoms with E-state index < -0.39 is 63.1 Å². The monoisotopic (exact) mass is 892 g/mol. The zero-order chi connectivity index (χ0) is 45.0. The van der Waals surface area contributed by atoms with E-state index in [4.69, 9.17) is 14.0 Å². The Morgan fingerprint density at radius 1 is 0.590 bits per heavy atom. The number of aliphatic hydroxyl groups is 3. The molecule has 1 fully saturated rings. The Labute approximate surface area is 372 Å². The molecule has 0 spiro atoms. The van der Waals surface area contributed by atoms with Gasteiger partial charge in [-0.05, 0) is 25.2 Å². The summed E-state index contributed by atoms with van der Waals surface area (Å²) in [4.78, 5) is 46.5. The first kappa shape index (κ1) is 57.9. The fourth-order valence-electron chi connectivity index (χ4n) is 8.70. The highest BCUT2D eigenvalue weighted by Gasteiger charge is 2.51. The van der Waals surface area contributed by atoms with E-state index in [9.17, 15) is 39.3 Å². The normalized spacial score (nSPS) is 20.4. The molecule has 0 aromatic rings. The molecule has 1 heterocycles. The van der Waals surface area contributed by atoms with E-state index in [-0.39, 0.29) is 18.8 Å². The Hall–Kier alpha value is -1.11. The van der Waals surface area contributed by atoms with Crippen LogP contribution in [0.2, 0.25) is 0 Å². The van der Waals surface area contributed by atoms with Crippen molar-refractivity contribution in [1.82, 2.24) is 5.32 Å². The van der Waals surface area contributed by atoms with Crippen molar-refractivity contribution in [2.75, 3.05) is 6.61 Å². The third-order valence-electron chi connectivity index (χ3n) is 12.4. The van der Waals surface area contributed by atoms with Crippen LogP contribution >= 0.6 is 7.82 Å². The Morgan fingerprint density at radius 2 is 0.967 bits per heavy atom. The van der Waals surface area contributed by atoms with Gasteiger partial charge in [0.15, 0.2) is 12.4 Å². The molecule has 1 rings (SSSR count). The Bertz CT molecular complexity index is 1090. The van der Waals surface area contributed by atoms with E-state index in [1.165, 1.54) is 128 Å². The summed E-state index contributed by atoms with van der Waals surface area (Å²) in [5.74, 6) is -1.26. The highest BCUT2D eigenvalue weighted by molar-refractivity contribution is 7.46. The lowest BCUT2D eigenvalue weighted by Gasteiger charge is -2.43. The van der Waals surface area contributed by atoms with Gasteiger partial charge in [-0.3, -0.25) is 14.1 Å². The summed E-state index contributed by atoms with van der Waals surface area (Å²) in [6.45, 7) is 5.85. The average Bonchev–Trinajstić information content (AvgIpc) is 3.21. The van der Waals surface area contributed by atoms with Gasteiger partial charge >= 0.3 is 13.8 Å². The third-order valence-corrected chi connectivity index (χ3v) is 12.9. The molecule has 1 saturated heterocycles. The maximum Gasteiger partial charge on any atom is 0.470 e. The number of amides is 1. The number of carbonyl (C=O) groups is 2. The van der Waals surface area contributed by atoms with Crippen LogP contribution in [0.15, 0.2) is 0 Å². The van der Waals surface area contributed by atoms with Gasteiger partial charge in [-0.25, -0.2) is 4.57 Å². The number of ether oxygens (including phenoxy) is 2. The topological polar surface area (TPSA) is 192 Å².